The summed E-state index contributed by atoms with van der Waals surface area (Å²) >= 11 is 6.85. The van der Waals surface area contributed by atoms with Crippen LogP contribution in [0.2, 0.25) is 0 Å². The predicted octanol–water partition coefficient (Wildman–Crippen LogP) is 4.60. The lowest BCUT2D eigenvalue weighted by molar-refractivity contribution is 0.479. The molecule has 0 fully saturated rings. The first-order valence-electron chi connectivity index (χ1n) is 5.55. The van der Waals surface area contributed by atoms with Crippen molar-refractivity contribution in [2.75, 3.05) is 0 Å². The normalized spacial score (nSPS) is 10.3. The second-order valence-electron chi connectivity index (χ2n) is 4.07. The van der Waals surface area contributed by atoms with Gasteiger partial charge in [0.2, 0.25) is 0 Å². The van der Waals surface area contributed by atoms with Crippen molar-refractivity contribution < 1.29 is 4.74 Å². The Bertz CT molecular complexity index is 641. The van der Waals surface area contributed by atoms with Crippen molar-refractivity contribution in [3.8, 4) is 11.5 Å². The Balaban J connectivity index is 2.29. The average Bonchev–Trinajstić information content (AvgIpc) is 2.32. The Hall–Kier alpha value is -1.33. The van der Waals surface area contributed by atoms with E-state index in [0.717, 1.165) is 25.8 Å². The van der Waals surface area contributed by atoms with Gasteiger partial charge >= 0.3 is 0 Å². The summed E-state index contributed by atoms with van der Waals surface area (Å²) in [5, 5.41) is 7.45. The molecule has 98 valence electrons. The molecule has 0 spiro atoms. The lowest BCUT2D eigenvalue weighted by atomic mass is 10.1. The van der Waals surface area contributed by atoms with E-state index in [1.165, 1.54) is 0 Å². The van der Waals surface area contributed by atoms with Crippen LogP contribution >= 0.6 is 31.9 Å². The fraction of sp³-hybridized carbons (Fsp3) is 0.0714. The van der Waals surface area contributed by atoms with Crippen LogP contribution in [0.3, 0.4) is 0 Å². The minimum atomic E-state index is 0.0638. The summed E-state index contributed by atoms with van der Waals surface area (Å²) in [4.78, 5) is 0. The van der Waals surface area contributed by atoms with E-state index in [0.29, 0.717) is 5.75 Å². The molecule has 0 bridgehead atoms. The molecule has 0 saturated heterocycles. The summed E-state index contributed by atoms with van der Waals surface area (Å²) in [6.07, 6.45) is 0. The van der Waals surface area contributed by atoms with Gasteiger partial charge in [0, 0.05) is 10.0 Å². The summed E-state index contributed by atoms with van der Waals surface area (Å²) in [5.74, 6) is 1.51. The Kier molecular flexibility index (Phi) is 4.27. The molecule has 2 aromatic carbocycles. The van der Waals surface area contributed by atoms with Gasteiger partial charge < -0.3 is 10.5 Å². The van der Waals surface area contributed by atoms with E-state index < -0.39 is 0 Å². The van der Waals surface area contributed by atoms with Crippen molar-refractivity contribution >= 4 is 37.7 Å². The van der Waals surface area contributed by atoms with Crippen LogP contribution in [0.5, 0.6) is 11.5 Å². The fourth-order valence-electron chi connectivity index (χ4n) is 1.69. The molecule has 0 aliphatic rings. The van der Waals surface area contributed by atoms with E-state index in [-0.39, 0.29) is 5.84 Å². The zero-order valence-corrected chi connectivity index (χ0v) is 13.4. The maximum absolute atomic E-state index is 7.45. The van der Waals surface area contributed by atoms with E-state index in [1.54, 1.807) is 12.1 Å². The lowest BCUT2D eigenvalue weighted by Crippen LogP contribution is -2.12. The van der Waals surface area contributed by atoms with Crippen LogP contribution in [0.25, 0.3) is 0 Å². The Morgan fingerprint density at radius 3 is 2.47 bits per heavy atom. The number of rotatable bonds is 3. The van der Waals surface area contributed by atoms with Crippen LogP contribution in [0, 0.1) is 12.3 Å². The average molecular weight is 384 g/mol. The van der Waals surface area contributed by atoms with Crippen molar-refractivity contribution in [2.24, 2.45) is 5.73 Å². The number of benzene rings is 2. The second-order valence-corrected chi connectivity index (χ2v) is 5.84. The number of aryl methyl sites for hydroxylation is 1. The number of hydrogen-bond donors (Lipinski definition) is 2. The van der Waals surface area contributed by atoms with Crippen molar-refractivity contribution in [3.05, 3.63) is 56.5 Å². The van der Waals surface area contributed by atoms with Crippen LogP contribution < -0.4 is 10.5 Å². The second kappa shape index (κ2) is 5.75. The quantitative estimate of drug-likeness (QED) is 0.601. The maximum Gasteiger partial charge on any atom is 0.141 e. The molecular weight excluding hydrogens is 372 g/mol. The van der Waals surface area contributed by atoms with Gasteiger partial charge in [-0.25, -0.2) is 0 Å². The SMILES string of the molecule is Cc1cc(Oc2ccc(Br)cc2Br)ccc1C(=N)N. The molecule has 0 radical (unpaired) electrons. The molecule has 0 unspecified atom stereocenters. The van der Waals surface area contributed by atoms with Gasteiger partial charge in [0.1, 0.15) is 17.3 Å². The summed E-state index contributed by atoms with van der Waals surface area (Å²) in [5.41, 5.74) is 7.13. The van der Waals surface area contributed by atoms with Gasteiger partial charge in [-0.2, -0.15) is 0 Å². The highest BCUT2D eigenvalue weighted by molar-refractivity contribution is 9.11. The molecule has 0 aromatic heterocycles. The number of amidine groups is 1. The van der Waals surface area contributed by atoms with E-state index >= 15 is 0 Å². The van der Waals surface area contributed by atoms with Gasteiger partial charge in [-0.3, -0.25) is 5.41 Å². The van der Waals surface area contributed by atoms with E-state index in [2.05, 4.69) is 31.9 Å². The minimum Gasteiger partial charge on any atom is -0.456 e. The van der Waals surface area contributed by atoms with Gasteiger partial charge in [0.05, 0.1) is 4.47 Å². The minimum absolute atomic E-state index is 0.0638. The first kappa shape index (κ1) is 14.1. The standard InChI is InChI=1S/C14H12Br2N2O/c1-8-6-10(3-4-11(8)14(17)18)19-13-5-2-9(15)7-12(13)16/h2-7H,1H3,(H3,17,18). The number of ether oxygens (including phenoxy) is 1. The summed E-state index contributed by atoms with van der Waals surface area (Å²) in [6, 6.07) is 11.2. The molecule has 2 aromatic rings. The molecule has 0 amide bonds. The highest BCUT2D eigenvalue weighted by atomic mass is 79.9. The number of hydrogen-bond acceptors (Lipinski definition) is 2. The van der Waals surface area contributed by atoms with Crippen molar-refractivity contribution in [2.45, 2.75) is 6.92 Å². The third kappa shape index (κ3) is 3.36. The largest absolute Gasteiger partial charge is 0.456 e. The van der Waals surface area contributed by atoms with Gasteiger partial charge in [-0.05, 0) is 64.8 Å². The molecule has 19 heavy (non-hydrogen) atoms. The van der Waals surface area contributed by atoms with Gasteiger partial charge in [-0.15, -0.1) is 0 Å². The summed E-state index contributed by atoms with van der Waals surface area (Å²) in [6.45, 7) is 1.90. The monoisotopic (exact) mass is 382 g/mol. The molecule has 0 heterocycles. The van der Waals surface area contributed by atoms with Crippen molar-refractivity contribution in [3.63, 3.8) is 0 Å². The number of nitrogens with one attached hydrogen (secondary N) is 1. The number of nitrogens with two attached hydrogens (primary N) is 1. The maximum atomic E-state index is 7.45. The highest BCUT2D eigenvalue weighted by Gasteiger charge is 2.06. The lowest BCUT2D eigenvalue weighted by Gasteiger charge is -2.10. The first-order chi connectivity index (χ1) is 8.97. The van der Waals surface area contributed by atoms with Gasteiger partial charge in [0.15, 0.2) is 0 Å². The molecular formula is C14H12Br2N2O. The van der Waals surface area contributed by atoms with E-state index in [4.69, 9.17) is 15.9 Å². The third-order valence-corrected chi connectivity index (χ3v) is 3.72. The van der Waals surface area contributed by atoms with Crippen molar-refractivity contribution in [1.82, 2.24) is 0 Å². The predicted molar refractivity (Wildman–Crippen MR) is 84.1 cm³/mol. The Morgan fingerprint density at radius 1 is 1.16 bits per heavy atom. The van der Waals surface area contributed by atoms with Crippen LogP contribution in [0.4, 0.5) is 0 Å². The van der Waals surface area contributed by atoms with Gasteiger partial charge in [-0.1, -0.05) is 15.9 Å². The zero-order valence-electron chi connectivity index (χ0n) is 10.2. The molecule has 0 aliphatic heterocycles. The van der Waals surface area contributed by atoms with Gasteiger partial charge in [0.25, 0.3) is 0 Å². The third-order valence-electron chi connectivity index (χ3n) is 2.61. The molecule has 5 heteroatoms. The molecule has 2 rings (SSSR count). The topological polar surface area (TPSA) is 59.1 Å². The molecule has 0 aliphatic carbocycles. The number of nitrogen functional groups attached to an aromatic ring is 1. The van der Waals surface area contributed by atoms with Crippen LogP contribution in [0.15, 0.2) is 45.3 Å². The van der Waals surface area contributed by atoms with E-state index in [9.17, 15) is 0 Å². The molecule has 3 N–H and O–H groups in total. The summed E-state index contributed by atoms with van der Waals surface area (Å²) in [7, 11) is 0. The molecule has 0 saturated carbocycles. The zero-order chi connectivity index (χ0) is 14.0. The fourth-order valence-corrected chi connectivity index (χ4v) is 2.81. The molecule has 0 atom stereocenters. The Morgan fingerprint density at radius 2 is 1.89 bits per heavy atom. The van der Waals surface area contributed by atoms with Crippen LogP contribution in [-0.4, -0.2) is 5.84 Å². The van der Waals surface area contributed by atoms with Crippen LogP contribution in [-0.2, 0) is 0 Å². The highest BCUT2D eigenvalue weighted by Crippen LogP contribution is 2.32. The summed E-state index contributed by atoms with van der Waals surface area (Å²) < 4.78 is 7.65. The van der Waals surface area contributed by atoms with Crippen LogP contribution in [0.1, 0.15) is 11.1 Å². The smallest absolute Gasteiger partial charge is 0.141 e. The van der Waals surface area contributed by atoms with Crippen molar-refractivity contribution in [1.29, 1.82) is 5.41 Å². The Labute approximate surface area is 128 Å². The first-order valence-corrected chi connectivity index (χ1v) is 7.14. The number of halogens is 2. The van der Waals surface area contributed by atoms with E-state index in [1.807, 2.05) is 31.2 Å². The molecule has 3 nitrogen and oxygen atoms in total.